The van der Waals surface area contributed by atoms with E-state index < -0.39 is 0 Å². The molecule has 1 aromatic rings. The highest BCUT2D eigenvalue weighted by molar-refractivity contribution is 6.30. The predicted molar refractivity (Wildman–Crippen MR) is 84.8 cm³/mol. The lowest BCUT2D eigenvalue weighted by atomic mass is 10.0. The number of amides is 1. The molecule has 1 atom stereocenters. The minimum Gasteiger partial charge on any atom is -0.333 e. The van der Waals surface area contributed by atoms with E-state index in [9.17, 15) is 14.4 Å². The van der Waals surface area contributed by atoms with Crippen LogP contribution in [-0.4, -0.2) is 35.5 Å². The highest BCUT2D eigenvalue weighted by Gasteiger charge is 2.27. The smallest absolute Gasteiger partial charge is 0.223 e. The van der Waals surface area contributed by atoms with E-state index in [0.29, 0.717) is 24.4 Å². The topological polar surface area (TPSA) is 54.5 Å². The van der Waals surface area contributed by atoms with Crippen LogP contribution in [-0.2, 0) is 20.8 Å². The van der Waals surface area contributed by atoms with Gasteiger partial charge >= 0.3 is 0 Å². The Morgan fingerprint density at radius 3 is 2.82 bits per heavy atom. The van der Waals surface area contributed by atoms with Crippen molar-refractivity contribution in [2.45, 2.75) is 44.6 Å². The van der Waals surface area contributed by atoms with Crippen LogP contribution >= 0.6 is 11.6 Å². The first-order chi connectivity index (χ1) is 10.6. The van der Waals surface area contributed by atoms with Gasteiger partial charge in [-0.3, -0.25) is 9.59 Å². The lowest BCUT2D eigenvalue weighted by Crippen LogP contribution is -2.36. The first-order valence-electron chi connectivity index (χ1n) is 7.61. The normalized spacial score (nSPS) is 17.5. The van der Waals surface area contributed by atoms with Crippen molar-refractivity contribution in [1.82, 2.24) is 4.90 Å². The lowest BCUT2D eigenvalue weighted by Gasteiger charge is -2.20. The lowest BCUT2D eigenvalue weighted by molar-refractivity contribution is -0.135. The minimum atomic E-state index is -0.297. The van der Waals surface area contributed by atoms with Crippen LogP contribution in [0.3, 0.4) is 0 Å². The average molecular weight is 322 g/mol. The van der Waals surface area contributed by atoms with Crippen molar-refractivity contribution >= 4 is 29.6 Å². The molecule has 2 rings (SSSR count). The van der Waals surface area contributed by atoms with Crippen molar-refractivity contribution in [3.05, 3.63) is 34.9 Å². The number of ketones is 1. The van der Waals surface area contributed by atoms with E-state index in [2.05, 4.69) is 0 Å². The molecule has 22 heavy (non-hydrogen) atoms. The molecule has 0 N–H and O–H groups in total. The van der Waals surface area contributed by atoms with Crippen LogP contribution in [0, 0.1) is 0 Å². The van der Waals surface area contributed by atoms with Gasteiger partial charge < -0.3 is 9.69 Å². The van der Waals surface area contributed by atoms with Gasteiger partial charge in [0.25, 0.3) is 0 Å². The maximum absolute atomic E-state index is 12.0. The molecule has 4 nitrogen and oxygen atoms in total. The SMILES string of the molecule is O=C[C@@H]1CCCN1C(=O)CCC(=O)CCc1cccc(Cl)c1. The summed E-state index contributed by atoms with van der Waals surface area (Å²) in [5.41, 5.74) is 1.02. The number of carbonyl (C=O) groups is 3. The number of aldehydes is 1. The number of benzene rings is 1. The van der Waals surface area contributed by atoms with Crippen LogP contribution in [0.15, 0.2) is 24.3 Å². The number of halogens is 1. The first-order valence-corrected chi connectivity index (χ1v) is 7.99. The summed E-state index contributed by atoms with van der Waals surface area (Å²) in [7, 11) is 0. The highest BCUT2D eigenvalue weighted by Crippen LogP contribution is 2.17. The van der Waals surface area contributed by atoms with Crippen LogP contribution in [0.25, 0.3) is 0 Å². The van der Waals surface area contributed by atoms with Crippen LogP contribution in [0.5, 0.6) is 0 Å². The molecule has 1 aliphatic heterocycles. The van der Waals surface area contributed by atoms with E-state index in [4.69, 9.17) is 11.6 Å². The van der Waals surface area contributed by atoms with Gasteiger partial charge in [-0.2, -0.15) is 0 Å². The van der Waals surface area contributed by atoms with E-state index in [1.807, 2.05) is 18.2 Å². The highest BCUT2D eigenvalue weighted by atomic mass is 35.5. The molecule has 1 fully saturated rings. The van der Waals surface area contributed by atoms with Crippen molar-refractivity contribution in [2.24, 2.45) is 0 Å². The third-order valence-electron chi connectivity index (χ3n) is 3.98. The third-order valence-corrected chi connectivity index (χ3v) is 4.21. The fourth-order valence-electron chi connectivity index (χ4n) is 2.73. The summed E-state index contributed by atoms with van der Waals surface area (Å²) < 4.78 is 0. The maximum atomic E-state index is 12.0. The molecule has 0 unspecified atom stereocenters. The molecule has 1 saturated heterocycles. The summed E-state index contributed by atoms with van der Waals surface area (Å²) in [5.74, 6) is -0.0270. The monoisotopic (exact) mass is 321 g/mol. The molecule has 1 aromatic carbocycles. The molecule has 0 aliphatic carbocycles. The molecule has 1 heterocycles. The molecule has 0 aromatic heterocycles. The molecule has 0 radical (unpaired) electrons. The van der Waals surface area contributed by atoms with Crippen LogP contribution in [0.1, 0.15) is 37.7 Å². The van der Waals surface area contributed by atoms with Gasteiger partial charge in [-0.15, -0.1) is 0 Å². The van der Waals surface area contributed by atoms with E-state index in [-0.39, 0.29) is 30.6 Å². The fourth-order valence-corrected chi connectivity index (χ4v) is 2.95. The Balaban J connectivity index is 1.73. The largest absolute Gasteiger partial charge is 0.333 e. The van der Waals surface area contributed by atoms with E-state index in [1.54, 1.807) is 11.0 Å². The zero-order valence-corrected chi connectivity index (χ0v) is 13.2. The van der Waals surface area contributed by atoms with Crippen LogP contribution < -0.4 is 0 Å². The molecule has 5 heteroatoms. The molecule has 1 aliphatic rings. The molecule has 0 saturated carbocycles. The number of nitrogens with zero attached hydrogens (tertiary/aromatic N) is 1. The van der Waals surface area contributed by atoms with Crippen molar-refractivity contribution in [3.63, 3.8) is 0 Å². The molecule has 118 valence electrons. The minimum absolute atomic E-state index is 0.0650. The maximum Gasteiger partial charge on any atom is 0.223 e. The van der Waals surface area contributed by atoms with Crippen molar-refractivity contribution in [1.29, 1.82) is 0 Å². The number of aryl methyl sites for hydroxylation is 1. The van der Waals surface area contributed by atoms with Crippen molar-refractivity contribution in [3.8, 4) is 0 Å². The zero-order chi connectivity index (χ0) is 15.9. The Morgan fingerprint density at radius 1 is 1.27 bits per heavy atom. The summed E-state index contributed by atoms with van der Waals surface area (Å²) in [6, 6.07) is 7.14. The fraction of sp³-hybridized carbons (Fsp3) is 0.471. The number of Topliss-reactive ketones (excluding diaryl/α,β-unsaturated/α-hetero) is 1. The standard InChI is InChI=1S/C17H20ClNO3/c18-14-4-1-3-13(11-14)6-7-16(21)8-9-17(22)19-10-2-5-15(19)12-20/h1,3-4,11-12,15H,2,5-10H2/t15-/m0/s1. The van der Waals surface area contributed by atoms with Crippen LogP contribution in [0.2, 0.25) is 5.02 Å². The number of hydrogen-bond donors (Lipinski definition) is 0. The molecular weight excluding hydrogens is 302 g/mol. The van der Waals surface area contributed by atoms with E-state index in [1.165, 1.54) is 0 Å². The Morgan fingerprint density at radius 2 is 2.09 bits per heavy atom. The summed E-state index contributed by atoms with van der Waals surface area (Å²) in [6.07, 6.45) is 3.89. The average Bonchev–Trinajstić information content (AvgIpc) is 2.99. The van der Waals surface area contributed by atoms with Gasteiger partial charge in [0.1, 0.15) is 12.1 Å². The van der Waals surface area contributed by atoms with Gasteiger partial charge in [-0.1, -0.05) is 23.7 Å². The van der Waals surface area contributed by atoms with Crippen LogP contribution in [0.4, 0.5) is 0 Å². The second-order valence-corrected chi connectivity index (χ2v) is 6.04. The van der Waals surface area contributed by atoms with Gasteiger partial charge in [-0.05, 0) is 37.0 Å². The quantitative estimate of drug-likeness (QED) is 0.726. The number of carbonyl (C=O) groups excluding carboxylic acids is 3. The second kappa shape index (κ2) is 8.08. The summed E-state index contributed by atoms with van der Waals surface area (Å²) in [4.78, 5) is 36.4. The number of likely N-dealkylation sites (tertiary alicyclic amines) is 1. The number of rotatable bonds is 7. The molecular formula is C17H20ClNO3. The molecule has 0 spiro atoms. The Bertz CT molecular complexity index is 559. The summed E-state index contributed by atoms with van der Waals surface area (Å²) >= 11 is 5.90. The van der Waals surface area contributed by atoms with Gasteiger partial charge in [-0.25, -0.2) is 0 Å². The Hall–Kier alpha value is -1.68. The number of hydrogen-bond acceptors (Lipinski definition) is 3. The second-order valence-electron chi connectivity index (χ2n) is 5.60. The van der Waals surface area contributed by atoms with Crippen molar-refractivity contribution < 1.29 is 14.4 Å². The molecule has 0 bridgehead atoms. The van der Waals surface area contributed by atoms with Gasteiger partial charge in [0.2, 0.25) is 5.91 Å². The summed E-state index contributed by atoms with van der Waals surface area (Å²) in [6.45, 7) is 0.624. The third kappa shape index (κ3) is 4.67. The first kappa shape index (κ1) is 16.7. The van der Waals surface area contributed by atoms with Gasteiger partial charge in [0.05, 0.1) is 6.04 Å². The molecule has 1 amide bonds. The van der Waals surface area contributed by atoms with E-state index >= 15 is 0 Å². The van der Waals surface area contributed by atoms with Gasteiger partial charge in [0, 0.05) is 30.8 Å². The zero-order valence-electron chi connectivity index (χ0n) is 12.5. The Kier molecular flexibility index (Phi) is 6.13. The Labute approximate surface area is 135 Å². The van der Waals surface area contributed by atoms with Gasteiger partial charge in [0.15, 0.2) is 0 Å². The summed E-state index contributed by atoms with van der Waals surface area (Å²) in [5, 5.41) is 0.661. The van der Waals surface area contributed by atoms with Crippen molar-refractivity contribution in [2.75, 3.05) is 6.54 Å². The van der Waals surface area contributed by atoms with E-state index in [0.717, 1.165) is 24.7 Å². The predicted octanol–water partition coefficient (Wildman–Crippen LogP) is 2.81.